The van der Waals surface area contributed by atoms with Gasteiger partial charge in [-0.25, -0.2) is 4.39 Å². The van der Waals surface area contributed by atoms with Crippen molar-refractivity contribution in [2.24, 2.45) is 0 Å². The number of hydrogen-bond donors (Lipinski definition) is 1. The van der Waals surface area contributed by atoms with Gasteiger partial charge in [0.25, 0.3) is 11.8 Å². The van der Waals surface area contributed by atoms with E-state index in [-0.39, 0.29) is 27.7 Å². The number of amides is 2. The van der Waals surface area contributed by atoms with Crippen LogP contribution in [0.3, 0.4) is 0 Å². The van der Waals surface area contributed by atoms with Gasteiger partial charge in [-0.1, -0.05) is 13.8 Å². The van der Waals surface area contributed by atoms with E-state index in [1.165, 1.54) is 17.0 Å². The molecule has 2 aliphatic heterocycles. The van der Waals surface area contributed by atoms with Crippen molar-refractivity contribution in [1.82, 2.24) is 5.32 Å². The zero-order valence-electron chi connectivity index (χ0n) is 20.6. The number of hydrogen-bond acceptors (Lipinski definition) is 5. The van der Waals surface area contributed by atoms with E-state index in [2.05, 4.69) is 37.9 Å². The second-order valence-electron chi connectivity index (χ2n) is 9.66. The Morgan fingerprint density at radius 2 is 1.91 bits per heavy atom. The van der Waals surface area contributed by atoms with Crippen LogP contribution in [0.25, 0.3) is 6.08 Å². The van der Waals surface area contributed by atoms with E-state index in [1.807, 2.05) is 0 Å². The second kappa shape index (κ2) is 9.41. The largest absolute Gasteiger partial charge is 0.497 e. The highest BCUT2D eigenvalue weighted by atomic mass is 32.1. The first-order valence-corrected chi connectivity index (χ1v) is 12.1. The van der Waals surface area contributed by atoms with Gasteiger partial charge in [-0.3, -0.25) is 19.8 Å². The predicted molar refractivity (Wildman–Crippen MR) is 140 cm³/mol. The monoisotopic (exact) mass is 495 g/mol. The number of benzene rings is 2. The van der Waals surface area contributed by atoms with Gasteiger partial charge in [0.2, 0.25) is 0 Å². The third kappa shape index (κ3) is 4.55. The van der Waals surface area contributed by atoms with Crippen LogP contribution >= 0.6 is 12.2 Å². The fraction of sp³-hybridized carbons (Fsp3) is 0.370. The smallest absolute Gasteiger partial charge is 0.270 e. The molecule has 0 saturated carbocycles. The molecule has 0 bridgehead atoms. The fourth-order valence-corrected chi connectivity index (χ4v) is 5.34. The Morgan fingerprint density at radius 1 is 1.23 bits per heavy atom. The lowest BCUT2D eigenvalue weighted by Crippen LogP contribution is -2.54. The van der Waals surface area contributed by atoms with Crippen LogP contribution in [0.4, 0.5) is 15.8 Å². The molecule has 1 N–H and O–H groups in total. The van der Waals surface area contributed by atoms with Crippen LogP contribution < -0.4 is 19.9 Å². The quantitative estimate of drug-likeness (QED) is 0.352. The molecule has 2 aromatic rings. The lowest BCUT2D eigenvalue weighted by Gasteiger charge is -2.47. The molecule has 0 spiro atoms. The first-order chi connectivity index (χ1) is 16.6. The van der Waals surface area contributed by atoms with Crippen molar-refractivity contribution in [3.63, 3.8) is 0 Å². The molecule has 4 rings (SSSR count). The van der Waals surface area contributed by atoms with Gasteiger partial charge in [0.05, 0.1) is 12.8 Å². The lowest BCUT2D eigenvalue weighted by atomic mass is 9.79. The zero-order chi connectivity index (χ0) is 25.5. The number of methoxy groups -OCH3 is 1. The topological polar surface area (TPSA) is 61.9 Å². The lowest BCUT2D eigenvalue weighted by molar-refractivity contribution is -0.122. The molecule has 1 fully saturated rings. The number of thiocarbonyl (C=S) groups is 1. The van der Waals surface area contributed by atoms with Crippen molar-refractivity contribution < 1.29 is 18.7 Å². The maximum absolute atomic E-state index is 15.4. The molecule has 8 heteroatoms. The molecule has 184 valence electrons. The minimum Gasteiger partial charge on any atom is -0.497 e. The Morgan fingerprint density at radius 3 is 2.54 bits per heavy atom. The zero-order valence-corrected chi connectivity index (χ0v) is 21.5. The first kappa shape index (κ1) is 24.9. The van der Waals surface area contributed by atoms with Crippen LogP contribution in [-0.4, -0.2) is 36.1 Å². The summed E-state index contributed by atoms with van der Waals surface area (Å²) >= 11 is 5.26. The number of fused-ring (bicyclic) bond motifs is 1. The normalized spacial score (nSPS) is 20.7. The molecule has 6 nitrogen and oxygen atoms in total. The van der Waals surface area contributed by atoms with Gasteiger partial charge in [-0.15, -0.1) is 0 Å². The Labute approximate surface area is 210 Å². The van der Waals surface area contributed by atoms with Crippen LogP contribution in [0.2, 0.25) is 0 Å². The fourth-order valence-electron chi connectivity index (χ4n) is 5.06. The Kier molecular flexibility index (Phi) is 6.68. The maximum Gasteiger partial charge on any atom is 0.270 e. The molecule has 2 heterocycles. The number of ether oxygens (including phenoxy) is 1. The van der Waals surface area contributed by atoms with Gasteiger partial charge < -0.3 is 9.64 Å². The summed E-state index contributed by atoms with van der Waals surface area (Å²) in [4.78, 5) is 29.5. The number of carbonyl (C=O) groups excluding carboxylic acids is 2. The van der Waals surface area contributed by atoms with E-state index in [0.717, 1.165) is 30.6 Å². The van der Waals surface area contributed by atoms with Crippen LogP contribution in [0.5, 0.6) is 5.75 Å². The van der Waals surface area contributed by atoms with Crippen molar-refractivity contribution in [3.05, 3.63) is 58.9 Å². The predicted octanol–water partition coefficient (Wildman–Crippen LogP) is 5.17. The number of halogens is 1. The number of anilines is 2. The summed E-state index contributed by atoms with van der Waals surface area (Å²) in [5.41, 5.74) is 2.29. The summed E-state index contributed by atoms with van der Waals surface area (Å²) in [5.74, 6) is -0.918. The molecule has 1 saturated heterocycles. The molecule has 0 radical (unpaired) electrons. The molecule has 2 amide bonds. The van der Waals surface area contributed by atoms with E-state index in [0.29, 0.717) is 11.4 Å². The van der Waals surface area contributed by atoms with Gasteiger partial charge in [0, 0.05) is 23.3 Å². The highest BCUT2D eigenvalue weighted by Gasteiger charge is 2.38. The molecule has 35 heavy (non-hydrogen) atoms. The standard InChI is InChI=1S/C27H30FN3O3S/c1-6-11-30-23-14-22(28)17(12-20(23)16(2)15-27(30,3)4)13-21-24(32)29-26(35)31(25(21)33)18-7-9-19(34-5)10-8-18/h7-10,12-14,16H,6,11,15H2,1-5H3,(H,29,32,35)/b21-13-. The molecule has 2 aromatic carbocycles. The van der Waals surface area contributed by atoms with E-state index >= 15 is 4.39 Å². The van der Waals surface area contributed by atoms with Crippen molar-refractivity contribution in [3.8, 4) is 5.75 Å². The van der Waals surface area contributed by atoms with Crippen molar-refractivity contribution in [1.29, 1.82) is 0 Å². The highest BCUT2D eigenvalue weighted by molar-refractivity contribution is 7.80. The summed E-state index contributed by atoms with van der Waals surface area (Å²) in [7, 11) is 1.54. The summed E-state index contributed by atoms with van der Waals surface area (Å²) in [6.07, 6.45) is 3.18. The van der Waals surface area contributed by atoms with E-state index in [1.54, 1.807) is 37.4 Å². The van der Waals surface area contributed by atoms with Crippen LogP contribution in [0, 0.1) is 5.82 Å². The SMILES string of the molecule is CCCN1c2cc(F)c(/C=C3/C(=O)NC(=S)N(c4ccc(OC)cc4)C3=O)cc2C(C)CC1(C)C. The molecule has 1 unspecified atom stereocenters. The third-order valence-corrected chi connectivity index (χ3v) is 6.97. The molecule has 1 atom stereocenters. The number of carbonyl (C=O) groups is 2. The molecular formula is C27H30FN3O3S. The minimum atomic E-state index is -0.649. The van der Waals surface area contributed by atoms with Gasteiger partial charge in [-0.2, -0.15) is 0 Å². The van der Waals surface area contributed by atoms with Crippen molar-refractivity contribution in [2.45, 2.75) is 52.0 Å². The third-order valence-electron chi connectivity index (χ3n) is 6.68. The van der Waals surface area contributed by atoms with Gasteiger partial charge in [0.1, 0.15) is 17.1 Å². The van der Waals surface area contributed by atoms with Gasteiger partial charge >= 0.3 is 0 Å². The Hall–Kier alpha value is -3.26. The first-order valence-electron chi connectivity index (χ1n) is 11.7. The van der Waals surface area contributed by atoms with Crippen LogP contribution in [0.15, 0.2) is 42.0 Å². The molecule has 2 aliphatic rings. The van der Waals surface area contributed by atoms with E-state index in [4.69, 9.17) is 17.0 Å². The molecule has 0 aromatic heterocycles. The van der Waals surface area contributed by atoms with Crippen molar-refractivity contribution in [2.75, 3.05) is 23.5 Å². The average molecular weight is 496 g/mol. The second-order valence-corrected chi connectivity index (χ2v) is 10.0. The summed E-state index contributed by atoms with van der Waals surface area (Å²) < 4.78 is 20.6. The Balaban J connectivity index is 1.75. The van der Waals surface area contributed by atoms with Crippen LogP contribution in [-0.2, 0) is 9.59 Å². The summed E-state index contributed by atoms with van der Waals surface area (Å²) in [6.45, 7) is 9.41. The molecule has 0 aliphatic carbocycles. The minimum absolute atomic E-state index is 0.0284. The average Bonchev–Trinajstić information content (AvgIpc) is 2.80. The Bertz CT molecular complexity index is 1220. The highest BCUT2D eigenvalue weighted by Crippen LogP contribution is 2.44. The van der Waals surface area contributed by atoms with E-state index < -0.39 is 17.6 Å². The number of nitrogens with one attached hydrogen (secondary N) is 1. The van der Waals surface area contributed by atoms with Crippen molar-refractivity contribution >= 4 is 46.6 Å². The van der Waals surface area contributed by atoms with E-state index in [9.17, 15) is 9.59 Å². The van der Waals surface area contributed by atoms with Crippen LogP contribution in [0.1, 0.15) is 57.6 Å². The number of rotatable bonds is 5. The summed E-state index contributed by atoms with van der Waals surface area (Å²) in [5, 5.41) is 2.52. The summed E-state index contributed by atoms with van der Waals surface area (Å²) in [6, 6.07) is 10.0. The van der Waals surface area contributed by atoms with Gasteiger partial charge in [-0.05, 0) is 92.9 Å². The number of nitrogens with zero attached hydrogens (tertiary/aromatic N) is 2. The maximum atomic E-state index is 15.4. The van der Waals surface area contributed by atoms with Gasteiger partial charge in [0.15, 0.2) is 5.11 Å². The molecular weight excluding hydrogens is 465 g/mol.